The van der Waals surface area contributed by atoms with Crippen LogP contribution in [0, 0.1) is 5.92 Å². The Morgan fingerprint density at radius 2 is 2.09 bits per heavy atom. The molecule has 0 amide bonds. The molecule has 0 radical (unpaired) electrons. The number of phenolic OH excluding ortho intramolecular Hbond substituents is 1. The van der Waals surface area contributed by atoms with Crippen LogP contribution in [0.2, 0.25) is 0 Å². The monoisotopic (exact) mass is 321 g/mol. The van der Waals surface area contributed by atoms with Crippen molar-refractivity contribution < 1.29 is 20.1 Å². The van der Waals surface area contributed by atoms with E-state index in [0.29, 0.717) is 5.75 Å². The largest absolute Gasteiger partial charge is 0.508 e. The summed E-state index contributed by atoms with van der Waals surface area (Å²) in [6.45, 7) is 5.96. The van der Waals surface area contributed by atoms with Crippen molar-refractivity contribution in [1.29, 1.82) is 0 Å². The van der Waals surface area contributed by atoms with Gasteiger partial charge in [0, 0.05) is 6.54 Å². The van der Waals surface area contributed by atoms with Crippen molar-refractivity contribution in [2.24, 2.45) is 5.92 Å². The van der Waals surface area contributed by atoms with Gasteiger partial charge in [0.15, 0.2) is 0 Å². The lowest BCUT2D eigenvalue weighted by Crippen LogP contribution is -2.32. The number of aliphatic hydroxyl groups excluding tert-OH is 1. The van der Waals surface area contributed by atoms with Crippen molar-refractivity contribution in [3.05, 3.63) is 29.3 Å². The van der Waals surface area contributed by atoms with E-state index in [9.17, 15) is 9.90 Å². The third-order valence-corrected chi connectivity index (χ3v) is 4.96. The molecule has 2 aliphatic rings. The zero-order valence-electron chi connectivity index (χ0n) is 14.1. The number of likely N-dealkylation sites (tertiary alicyclic amines) is 1. The molecule has 1 aliphatic carbocycles. The van der Waals surface area contributed by atoms with Crippen LogP contribution in [0.4, 0.5) is 0 Å². The highest BCUT2D eigenvalue weighted by Gasteiger charge is 2.39. The van der Waals surface area contributed by atoms with Crippen LogP contribution in [0.3, 0.4) is 0 Å². The van der Waals surface area contributed by atoms with E-state index in [4.69, 9.17) is 10.2 Å². The van der Waals surface area contributed by atoms with Gasteiger partial charge in [-0.25, -0.2) is 4.79 Å². The summed E-state index contributed by atoms with van der Waals surface area (Å²) in [6.07, 6.45) is 2.42. The maximum absolute atomic E-state index is 9.71. The topological polar surface area (TPSA) is 81.0 Å². The van der Waals surface area contributed by atoms with Crippen LogP contribution in [0.5, 0.6) is 5.75 Å². The lowest BCUT2D eigenvalue weighted by Gasteiger charge is -2.38. The molecule has 2 bridgehead atoms. The van der Waals surface area contributed by atoms with Crippen LogP contribution < -0.4 is 0 Å². The second-order valence-corrected chi connectivity index (χ2v) is 7.20. The van der Waals surface area contributed by atoms with Crippen LogP contribution in [0.1, 0.15) is 37.8 Å². The quantitative estimate of drug-likeness (QED) is 0.737. The van der Waals surface area contributed by atoms with E-state index in [0.717, 1.165) is 5.92 Å². The van der Waals surface area contributed by atoms with E-state index >= 15 is 0 Å². The normalized spacial score (nSPS) is 27.9. The highest BCUT2D eigenvalue weighted by Crippen LogP contribution is 2.45. The first-order valence-corrected chi connectivity index (χ1v) is 8.13. The average molecular weight is 321 g/mol. The van der Waals surface area contributed by atoms with Gasteiger partial charge in [-0.1, -0.05) is 13.0 Å². The second kappa shape index (κ2) is 6.89. The SMILES string of the molecule is CC(O)C(=O)O.CN1CC[C@]2(C)C[C@H](Cc3ccc(O)cc32)C1. The number of aliphatic hydroxyl groups is 1. The summed E-state index contributed by atoms with van der Waals surface area (Å²) in [6, 6.07) is 5.96. The van der Waals surface area contributed by atoms with Crippen molar-refractivity contribution in [2.45, 2.75) is 44.6 Å². The molecule has 5 heteroatoms. The Morgan fingerprint density at radius 1 is 1.43 bits per heavy atom. The number of rotatable bonds is 1. The van der Waals surface area contributed by atoms with Gasteiger partial charge in [-0.05, 0) is 74.4 Å². The molecule has 1 heterocycles. The molecule has 1 aliphatic heterocycles. The Hall–Kier alpha value is -1.59. The highest BCUT2D eigenvalue weighted by molar-refractivity contribution is 5.71. The predicted molar refractivity (Wildman–Crippen MR) is 88.7 cm³/mol. The molecule has 3 N–H and O–H groups in total. The van der Waals surface area contributed by atoms with Crippen LogP contribution in [-0.4, -0.2) is 52.4 Å². The van der Waals surface area contributed by atoms with Gasteiger partial charge >= 0.3 is 5.97 Å². The predicted octanol–water partition coefficient (Wildman–Crippen LogP) is 2.00. The zero-order chi connectivity index (χ0) is 17.2. The fraction of sp³-hybridized carbons (Fsp3) is 0.611. The molecule has 1 saturated heterocycles. The number of benzene rings is 1. The lowest BCUT2D eigenvalue weighted by atomic mass is 9.66. The molecule has 1 unspecified atom stereocenters. The van der Waals surface area contributed by atoms with Gasteiger partial charge in [0.05, 0.1) is 0 Å². The van der Waals surface area contributed by atoms with Crippen molar-refractivity contribution in [3.63, 3.8) is 0 Å². The molecule has 128 valence electrons. The summed E-state index contributed by atoms with van der Waals surface area (Å²) < 4.78 is 0. The van der Waals surface area contributed by atoms with E-state index in [1.165, 1.54) is 50.4 Å². The molecular weight excluding hydrogens is 294 g/mol. The van der Waals surface area contributed by atoms with Crippen molar-refractivity contribution in [1.82, 2.24) is 4.90 Å². The molecule has 0 spiro atoms. The van der Waals surface area contributed by atoms with E-state index < -0.39 is 12.1 Å². The minimum absolute atomic E-state index is 0.266. The number of hydrogen-bond donors (Lipinski definition) is 3. The summed E-state index contributed by atoms with van der Waals surface area (Å²) in [5, 5.41) is 25.5. The van der Waals surface area contributed by atoms with Gasteiger partial charge in [-0.2, -0.15) is 0 Å². The Kier molecular flexibility index (Phi) is 5.32. The zero-order valence-corrected chi connectivity index (χ0v) is 14.1. The summed E-state index contributed by atoms with van der Waals surface area (Å²) in [5.41, 5.74) is 3.11. The number of aromatic hydroxyl groups is 1. The molecule has 1 aromatic carbocycles. The lowest BCUT2D eigenvalue weighted by molar-refractivity contribution is -0.145. The molecule has 0 saturated carbocycles. The van der Waals surface area contributed by atoms with Gasteiger partial charge < -0.3 is 20.2 Å². The number of nitrogens with zero attached hydrogens (tertiary/aromatic N) is 1. The molecule has 0 aromatic heterocycles. The van der Waals surface area contributed by atoms with Crippen LogP contribution in [0.15, 0.2) is 18.2 Å². The van der Waals surface area contributed by atoms with E-state index in [2.05, 4.69) is 24.9 Å². The minimum Gasteiger partial charge on any atom is -0.508 e. The molecule has 3 rings (SSSR count). The standard InChI is InChI=1S/C15H21NO.C3H6O3/c1-15-5-6-16(2)10-11(9-15)7-12-3-4-13(17)8-14(12)15;1-2(4)3(5)6/h3-4,8,11,17H,5-7,9-10H2,1-2H3;2,4H,1H3,(H,5,6)/t11-,15+;/m0./s1. The van der Waals surface area contributed by atoms with Gasteiger partial charge in [0.1, 0.15) is 11.9 Å². The van der Waals surface area contributed by atoms with Crippen molar-refractivity contribution in [2.75, 3.05) is 20.1 Å². The Balaban J connectivity index is 0.000000277. The Morgan fingerprint density at radius 3 is 2.70 bits per heavy atom. The number of carboxylic acids is 1. The van der Waals surface area contributed by atoms with E-state index in [1.807, 2.05) is 12.1 Å². The number of carboxylic acid groups (broad SMARTS) is 1. The molecule has 5 nitrogen and oxygen atoms in total. The Labute approximate surface area is 137 Å². The fourth-order valence-corrected chi connectivity index (χ4v) is 3.77. The Bertz CT molecular complexity index is 572. The molecular formula is C18H27NO4. The van der Waals surface area contributed by atoms with E-state index in [-0.39, 0.29) is 5.41 Å². The summed E-state index contributed by atoms with van der Waals surface area (Å²) >= 11 is 0. The summed E-state index contributed by atoms with van der Waals surface area (Å²) in [4.78, 5) is 11.9. The van der Waals surface area contributed by atoms with E-state index in [1.54, 1.807) is 0 Å². The number of carbonyl (C=O) groups is 1. The first kappa shape index (κ1) is 17.8. The van der Waals surface area contributed by atoms with Gasteiger partial charge in [-0.15, -0.1) is 0 Å². The van der Waals surface area contributed by atoms with Crippen LogP contribution in [-0.2, 0) is 16.6 Å². The van der Waals surface area contributed by atoms with Crippen molar-refractivity contribution in [3.8, 4) is 5.75 Å². The third-order valence-electron chi connectivity index (χ3n) is 4.96. The average Bonchev–Trinajstić information content (AvgIpc) is 2.58. The maximum atomic E-state index is 9.71. The first-order chi connectivity index (χ1) is 10.7. The number of hydrogen-bond acceptors (Lipinski definition) is 4. The second-order valence-electron chi connectivity index (χ2n) is 7.20. The number of aliphatic carboxylic acids is 1. The first-order valence-electron chi connectivity index (χ1n) is 8.13. The smallest absolute Gasteiger partial charge is 0.332 e. The highest BCUT2D eigenvalue weighted by atomic mass is 16.4. The van der Waals surface area contributed by atoms with Gasteiger partial charge in [-0.3, -0.25) is 0 Å². The minimum atomic E-state index is -1.23. The number of fused-ring (bicyclic) bond motifs is 4. The third kappa shape index (κ3) is 4.24. The molecule has 1 fully saturated rings. The maximum Gasteiger partial charge on any atom is 0.332 e. The molecule has 23 heavy (non-hydrogen) atoms. The van der Waals surface area contributed by atoms with Crippen LogP contribution in [0.25, 0.3) is 0 Å². The molecule has 1 aromatic rings. The summed E-state index contributed by atoms with van der Waals surface area (Å²) in [5.74, 6) is 0.0144. The molecule has 3 atom stereocenters. The van der Waals surface area contributed by atoms with Gasteiger partial charge in [0.2, 0.25) is 0 Å². The van der Waals surface area contributed by atoms with Crippen LogP contribution >= 0.6 is 0 Å². The fourth-order valence-electron chi connectivity index (χ4n) is 3.77. The summed E-state index contributed by atoms with van der Waals surface area (Å²) in [7, 11) is 2.23. The number of phenols is 1. The van der Waals surface area contributed by atoms with Crippen molar-refractivity contribution >= 4 is 5.97 Å². The van der Waals surface area contributed by atoms with Gasteiger partial charge in [0.25, 0.3) is 0 Å².